The zero-order chi connectivity index (χ0) is 18.6. The standard InChI is InChI=1S/C18H26N4O3/c1-11-8-15(22-18(2,3)4)21-17(19-11)20-12-9-13(23-5)16(25-7)14(10-12)24-6/h8-10H,1-7H3,(H2,19,20,21,22). The van der Waals surface area contributed by atoms with Crippen LogP contribution in [0.4, 0.5) is 17.5 Å². The summed E-state index contributed by atoms with van der Waals surface area (Å²) in [5.41, 5.74) is 1.50. The SMILES string of the molecule is COc1cc(Nc2nc(C)cc(NC(C)(C)C)n2)cc(OC)c1OC. The zero-order valence-corrected chi connectivity index (χ0v) is 15.9. The summed E-state index contributed by atoms with van der Waals surface area (Å²) in [5, 5.41) is 6.54. The molecule has 0 aliphatic rings. The Labute approximate surface area is 148 Å². The summed E-state index contributed by atoms with van der Waals surface area (Å²) in [7, 11) is 4.73. The van der Waals surface area contributed by atoms with Crippen molar-refractivity contribution < 1.29 is 14.2 Å². The average molecular weight is 346 g/mol. The first-order chi connectivity index (χ1) is 11.8. The molecule has 0 unspecified atom stereocenters. The van der Waals surface area contributed by atoms with Gasteiger partial charge in [-0.05, 0) is 27.7 Å². The molecule has 2 N–H and O–H groups in total. The Hall–Kier alpha value is -2.70. The fraction of sp³-hybridized carbons (Fsp3) is 0.444. The van der Waals surface area contributed by atoms with Crippen LogP contribution in [-0.2, 0) is 0 Å². The summed E-state index contributed by atoms with van der Waals surface area (Å²) in [6.45, 7) is 8.17. The van der Waals surface area contributed by atoms with Gasteiger partial charge in [0.1, 0.15) is 5.82 Å². The predicted octanol–water partition coefficient (Wildman–Crippen LogP) is 3.76. The minimum atomic E-state index is -0.0926. The number of nitrogens with zero attached hydrogens (tertiary/aromatic N) is 2. The van der Waals surface area contributed by atoms with Crippen molar-refractivity contribution in [1.29, 1.82) is 0 Å². The van der Waals surface area contributed by atoms with Gasteiger partial charge in [0, 0.05) is 35.1 Å². The minimum absolute atomic E-state index is 0.0926. The van der Waals surface area contributed by atoms with E-state index < -0.39 is 0 Å². The summed E-state index contributed by atoms with van der Waals surface area (Å²) in [5.74, 6) is 2.90. The zero-order valence-electron chi connectivity index (χ0n) is 15.9. The number of aromatic nitrogens is 2. The molecule has 1 aromatic carbocycles. The molecule has 0 fully saturated rings. The number of methoxy groups -OCH3 is 3. The van der Waals surface area contributed by atoms with E-state index in [4.69, 9.17) is 14.2 Å². The van der Waals surface area contributed by atoms with E-state index in [0.29, 0.717) is 23.2 Å². The molecule has 0 saturated carbocycles. The first kappa shape index (κ1) is 18.6. The summed E-state index contributed by atoms with van der Waals surface area (Å²) in [4.78, 5) is 8.96. The van der Waals surface area contributed by atoms with Gasteiger partial charge in [0.25, 0.3) is 0 Å². The van der Waals surface area contributed by atoms with Crippen molar-refractivity contribution in [1.82, 2.24) is 9.97 Å². The van der Waals surface area contributed by atoms with Crippen LogP contribution in [0.15, 0.2) is 18.2 Å². The minimum Gasteiger partial charge on any atom is -0.493 e. The first-order valence-corrected chi connectivity index (χ1v) is 7.96. The van der Waals surface area contributed by atoms with E-state index in [9.17, 15) is 0 Å². The number of anilines is 3. The number of benzene rings is 1. The lowest BCUT2D eigenvalue weighted by Gasteiger charge is -2.22. The van der Waals surface area contributed by atoms with Gasteiger partial charge in [-0.25, -0.2) is 4.98 Å². The van der Waals surface area contributed by atoms with Gasteiger partial charge in [0.15, 0.2) is 11.5 Å². The van der Waals surface area contributed by atoms with E-state index in [-0.39, 0.29) is 5.54 Å². The molecular weight excluding hydrogens is 320 g/mol. The number of aryl methyl sites for hydroxylation is 1. The Morgan fingerprint density at radius 1 is 0.880 bits per heavy atom. The van der Waals surface area contributed by atoms with Crippen LogP contribution >= 0.6 is 0 Å². The topological polar surface area (TPSA) is 77.5 Å². The lowest BCUT2D eigenvalue weighted by Crippen LogP contribution is -2.27. The first-order valence-electron chi connectivity index (χ1n) is 7.96. The van der Waals surface area contributed by atoms with Gasteiger partial charge in [0.05, 0.1) is 21.3 Å². The average Bonchev–Trinajstić information content (AvgIpc) is 2.51. The summed E-state index contributed by atoms with van der Waals surface area (Å²) in [6, 6.07) is 5.53. The molecule has 0 radical (unpaired) electrons. The number of hydrogen-bond donors (Lipinski definition) is 2. The normalized spacial score (nSPS) is 11.0. The van der Waals surface area contributed by atoms with Crippen molar-refractivity contribution in [2.24, 2.45) is 0 Å². The van der Waals surface area contributed by atoms with Crippen LogP contribution in [0.25, 0.3) is 0 Å². The third-order valence-corrected chi connectivity index (χ3v) is 3.28. The Morgan fingerprint density at radius 2 is 1.48 bits per heavy atom. The molecule has 0 saturated heterocycles. The highest BCUT2D eigenvalue weighted by atomic mass is 16.5. The monoisotopic (exact) mass is 346 g/mol. The Bertz CT molecular complexity index is 717. The quantitative estimate of drug-likeness (QED) is 0.824. The smallest absolute Gasteiger partial charge is 0.229 e. The molecule has 2 aromatic rings. The number of nitrogens with one attached hydrogen (secondary N) is 2. The summed E-state index contributed by atoms with van der Waals surface area (Å²) in [6.07, 6.45) is 0. The fourth-order valence-corrected chi connectivity index (χ4v) is 2.36. The van der Waals surface area contributed by atoms with Crippen molar-refractivity contribution in [3.05, 3.63) is 23.9 Å². The maximum Gasteiger partial charge on any atom is 0.229 e. The van der Waals surface area contributed by atoms with Gasteiger partial charge < -0.3 is 24.8 Å². The van der Waals surface area contributed by atoms with Gasteiger partial charge >= 0.3 is 0 Å². The van der Waals surface area contributed by atoms with E-state index in [1.54, 1.807) is 21.3 Å². The predicted molar refractivity (Wildman–Crippen MR) is 99.5 cm³/mol. The third kappa shape index (κ3) is 4.89. The van der Waals surface area contributed by atoms with Crippen molar-refractivity contribution in [2.75, 3.05) is 32.0 Å². The molecule has 0 atom stereocenters. The molecular formula is C18H26N4O3. The van der Waals surface area contributed by atoms with Crippen LogP contribution in [0.3, 0.4) is 0 Å². The van der Waals surface area contributed by atoms with Gasteiger partial charge in [-0.15, -0.1) is 0 Å². The van der Waals surface area contributed by atoms with Crippen molar-refractivity contribution in [2.45, 2.75) is 33.2 Å². The van der Waals surface area contributed by atoms with Crippen LogP contribution in [0.5, 0.6) is 17.2 Å². The molecule has 1 aromatic heterocycles. The molecule has 1 heterocycles. The van der Waals surface area contributed by atoms with Crippen molar-refractivity contribution in [3.8, 4) is 17.2 Å². The van der Waals surface area contributed by atoms with Crippen LogP contribution in [0, 0.1) is 6.92 Å². The lowest BCUT2D eigenvalue weighted by atomic mass is 10.1. The molecule has 2 rings (SSSR count). The lowest BCUT2D eigenvalue weighted by molar-refractivity contribution is 0.324. The Balaban J connectivity index is 2.36. The van der Waals surface area contributed by atoms with Crippen LogP contribution < -0.4 is 24.8 Å². The molecule has 0 aliphatic carbocycles. The van der Waals surface area contributed by atoms with Crippen LogP contribution in [-0.4, -0.2) is 36.8 Å². The summed E-state index contributed by atoms with van der Waals surface area (Å²) < 4.78 is 16.1. The highest BCUT2D eigenvalue weighted by Crippen LogP contribution is 2.40. The second-order valence-electron chi connectivity index (χ2n) is 6.63. The summed E-state index contributed by atoms with van der Waals surface area (Å²) >= 11 is 0. The molecule has 25 heavy (non-hydrogen) atoms. The van der Waals surface area contributed by atoms with Gasteiger partial charge in [-0.1, -0.05) is 0 Å². The van der Waals surface area contributed by atoms with Crippen molar-refractivity contribution in [3.63, 3.8) is 0 Å². The molecule has 0 aliphatic heterocycles. The molecule has 0 bridgehead atoms. The highest BCUT2D eigenvalue weighted by Gasteiger charge is 2.15. The molecule has 7 heteroatoms. The van der Waals surface area contributed by atoms with Crippen molar-refractivity contribution >= 4 is 17.5 Å². The van der Waals surface area contributed by atoms with E-state index >= 15 is 0 Å². The second kappa shape index (κ2) is 7.46. The highest BCUT2D eigenvalue weighted by molar-refractivity contribution is 5.66. The van der Waals surface area contributed by atoms with E-state index in [1.807, 2.05) is 25.1 Å². The van der Waals surface area contributed by atoms with Gasteiger partial charge in [-0.2, -0.15) is 4.98 Å². The molecule has 0 amide bonds. The van der Waals surface area contributed by atoms with E-state index in [1.165, 1.54) is 0 Å². The largest absolute Gasteiger partial charge is 0.493 e. The third-order valence-electron chi connectivity index (χ3n) is 3.28. The Kier molecular flexibility index (Phi) is 5.56. The maximum atomic E-state index is 5.37. The molecule has 136 valence electrons. The van der Waals surface area contributed by atoms with E-state index in [2.05, 4.69) is 41.4 Å². The fourth-order valence-electron chi connectivity index (χ4n) is 2.36. The number of rotatable bonds is 6. The Morgan fingerprint density at radius 3 is 1.96 bits per heavy atom. The molecule has 7 nitrogen and oxygen atoms in total. The molecule has 0 spiro atoms. The number of ether oxygens (including phenoxy) is 3. The maximum absolute atomic E-state index is 5.37. The van der Waals surface area contributed by atoms with E-state index in [0.717, 1.165) is 17.2 Å². The van der Waals surface area contributed by atoms with Crippen LogP contribution in [0.2, 0.25) is 0 Å². The van der Waals surface area contributed by atoms with Gasteiger partial charge in [-0.3, -0.25) is 0 Å². The second-order valence-corrected chi connectivity index (χ2v) is 6.63. The number of hydrogen-bond acceptors (Lipinski definition) is 7. The van der Waals surface area contributed by atoms with Gasteiger partial charge in [0.2, 0.25) is 11.7 Å². The van der Waals surface area contributed by atoms with Crippen LogP contribution in [0.1, 0.15) is 26.5 Å².